The van der Waals surface area contributed by atoms with Gasteiger partial charge in [-0.05, 0) is 55.0 Å². The molecular weight excluding hydrogens is 378 g/mol. The molecule has 0 spiro atoms. The van der Waals surface area contributed by atoms with Crippen LogP contribution in [0.15, 0.2) is 60.9 Å². The molecule has 0 saturated carbocycles. The van der Waals surface area contributed by atoms with E-state index >= 15 is 0 Å². The quantitative estimate of drug-likeness (QED) is 0.474. The van der Waals surface area contributed by atoms with Crippen LogP contribution >= 0.6 is 22.9 Å². The average molecular weight is 394 g/mol. The number of hydrogen-bond acceptors (Lipinski definition) is 4. The van der Waals surface area contributed by atoms with E-state index in [0.29, 0.717) is 16.3 Å². The fourth-order valence-corrected chi connectivity index (χ4v) is 3.93. The highest BCUT2D eigenvalue weighted by atomic mass is 35.5. The number of benzene rings is 1. The SMILES string of the molecule is CCc1ccc(-c2cc(C(=O)Nc3ccncc3)c3cc(Cl)ccc3n2)s1. The molecule has 3 heterocycles. The van der Waals surface area contributed by atoms with Crippen molar-refractivity contribution in [3.05, 3.63) is 76.4 Å². The maximum absolute atomic E-state index is 13.0. The van der Waals surface area contributed by atoms with E-state index in [0.717, 1.165) is 27.9 Å². The van der Waals surface area contributed by atoms with Crippen LogP contribution in [-0.2, 0) is 6.42 Å². The molecular formula is C21H16ClN3OS. The van der Waals surface area contributed by atoms with Gasteiger partial charge in [0.2, 0.25) is 0 Å². The summed E-state index contributed by atoms with van der Waals surface area (Å²) in [4.78, 5) is 24.0. The summed E-state index contributed by atoms with van der Waals surface area (Å²) in [7, 11) is 0. The number of aryl methyl sites for hydroxylation is 1. The van der Waals surface area contributed by atoms with E-state index in [2.05, 4.69) is 29.4 Å². The topological polar surface area (TPSA) is 54.9 Å². The van der Waals surface area contributed by atoms with Crippen molar-refractivity contribution in [2.75, 3.05) is 5.32 Å². The Kier molecular flexibility index (Phi) is 4.88. The molecule has 1 N–H and O–H groups in total. The Morgan fingerprint density at radius 1 is 1.11 bits per heavy atom. The van der Waals surface area contributed by atoms with Crippen LogP contribution in [0.25, 0.3) is 21.5 Å². The van der Waals surface area contributed by atoms with E-state index in [1.165, 1.54) is 4.88 Å². The van der Waals surface area contributed by atoms with E-state index in [1.807, 2.05) is 12.1 Å². The number of fused-ring (bicyclic) bond motifs is 1. The molecule has 4 aromatic rings. The van der Waals surface area contributed by atoms with Crippen molar-refractivity contribution < 1.29 is 4.79 Å². The molecule has 0 aliphatic rings. The van der Waals surface area contributed by atoms with Crippen LogP contribution in [0.2, 0.25) is 5.02 Å². The predicted molar refractivity (Wildman–Crippen MR) is 112 cm³/mol. The van der Waals surface area contributed by atoms with Crippen molar-refractivity contribution in [2.45, 2.75) is 13.3 Å². The van der Waals surface area contributed by atoms with E-state index in [4.69, 9.17) is 16.6 Å². The van der Waals surface area contributed by atoms with E-state index in [9.17, 15) is 4.79 Å². The second kappa shape index (κ2) is 7.47. The number of hydrogen-bond donors (Lipinski definition) is 1. The Hall–Kier alpha value is -2.76. The first kappa shape index (κ1) is 17.6. The largest absolute Gasteiger partial charge is 0.322 e. The number of anilines is 1. The van der Waals surface area contributed by atoms with Gasteiger partial charge in [0, 0.05) is 33.4 Å². The lowest BCUT2D eigenvalue weighted by Gasteiger charge is -2.10. The monoisotopic (exact) mass is 393 g/mol. The number of thiophene rings is 1. The summed E-state index contributed by atoms with van der Waals surface area (Å²) >= 11 is 7.86. The third-order valence-corrected chi connectivity index (χ3v) is 5.70. The number of aromatic nitrogens is 2. The second-order valence-corrected chi connectivity index (χ2v) is 7.63. The summed E-state index contributed by atoms with van der Waals surface area (Å²) < 4.78 is 0. The fourth-order valence-electron chi connectivity index (χ4n) is 2.85. The average Bonchev–Trinajstić information content (AvgIpc) is 3.17. The molecule has 0 atom stereocenters. The molecule has 4 nitrogen and oxygen atoms in total. The number of carbonyl (C=O) groups is 1. The third-order valence-electron chi connectivity index (χ3n) is 4.22. The number of amides is 1. The highest BCUT2D eigenvalue weighted by Gasteiger charge is 2.16. The van der Waals surface area contributed by atoms with Crippen molar-refractivity contribution in [1.29, 1.82) is 0 Å². The van der Waals surface area contributed by atoms with Crippen LogP contribution in [0.4, 0.5) is 5.69 Å². The molecule has 134 valence electrons. The third kappa shape index (κ3) is 3.70. The Labute approximate surface area is 165 Å². The van der Waals surface area contributed by atoms with Crippen molar-refractivity contribution in [1.82, 2.24) is 9.97 Å². The van der Waals surface area contributed by atoms with Crippen LogP contribution in [0.1, 0.15) is 22.2 Å². The summed E-state index contributed by atoms with van der Waals surface area (Å²) in [5.41, 5.74) is 2.76. The highest BCUT2D eigenvalue weighted by molar-refractivity contribution is 7.15. The van der Waals surface area contributed by atoms with Gasteiger partial charge in [-0.2, -0.15) is 0 Å². The molecule has 3 aromatic heterocycles. The normalized spacial score (nSPS) is 10.9. The van der Waals surface area contributed by atoms with Crippen LogP contribution in [-0.4, -0.2) is 15.9 Å². The molecule has 4 rings (SSSR count). The van der Waals surface area contributed by atoms with Crippen LogP contribution in [0.5, 0.6) is 0 Å². The molecule has 0 saturated heterocycles. The lowest BCUT2D eigenvalue weighted by atomic mass is 10.1. The van der Waals surface area contributed by atoms with Crippen LogP contribution in [0.3, 0.4) is 0 Å². The van der Waals surface area contributed by atoms with Crippen LogP contribution < -0.4 is 5.32 Å². The second-order valence-electron chi connectivity index (χ2n) is 6.03. The molecule has 27 heavy (non-hydrogen) atoms. The van der Waals surface area contributed by atoms with Gasteiger partial charge < -0.3 is 5.32 Å². The van der Waals surface area contributed by atoms with E-state index in [1.54, 1.807) is 48.0 Å². The summed E-state index contributed by atoms with van der Waals surface area (Å²) in [5.74, 6) is -0.204. The van der Waals surface area contributed by atoms with Crippen molar-refractivity contribution >= 4 is 45.4 Å². The summed E-state index contributed by atoms with van der Waals surface area (Å²) in [5, 5.41) is 4.21. The summed E-state index contributed by atoms with van der Waals surface area (Å²) in [6.45, 7) is 2.12. The number of nitrogens with one attached hydrogen (secondary N) is 1. The standard InChI is InChI=1S/C21H16ClN3OS/c1-2-15-4-6-20(27-15)19-12-17(16-11-13(22)3-5-18(16)25-19)21(26)24-14-7-9-23-10-8-14/h3-12H,2H2,1H3,(H,23,24,26). The zero-order valence-corrected chi connectivity index (χ0v) is 16.1. The molecule has 1 aromatic carbocycles. The van der Waals surface area contributed by atoms with Crippen molar-refractivity contribution in [3.8, 4) is 10.6 Å². The minimum absolute atomic E-state index is 0.204. The van der Waals surface area contributed by atoms with Crippen molar-refractivity contribution in [3.63, 3.8) is 0 Å². The molecule has 0 aliphatic carbocycles. The summed E-state index contributed by atoms with van der Waals surface area (Å²) in [6, 6.07) is 14.9. The molecule has 0 radical (unpaired) electrons. The van der Waals surface area contributed by atoms with Gasteiger partial charge in [0.15, 0.2) is 0 Å². The first-order valence-electron chi connectivity index (χ1n) is 8.55. The zero-order valence-electron chi connectivity index (χ0n) is 14.6. The molecule has 6 heteroatoms. The Bertz CT molecular complexity index is 1120. The smallest absolute Gasteiger partial charge is 0.256 e. The van der Waals surface area contributed by atoms with Gasteiger partial charge in [0.25, 0.3) is 5.91 Å². The lowest BCUT2D eigenvalue weighted by Crippen LogP contribution is -2.13. The predicted octanol–water partition coefficient (Wildman–Crippen LogP) is 5.83. The minimum atomic E-state index is -0.204. The first-order chi connectivity index (χ1) is 13.1. The number of halogens is 1. The maximum Gasteiger partial charge on any atom is 0.256 e. The summed E-state index contributed by atoms with van der Waals surface area (Å²) in [6.07, 6.45) is 4.25. The molecule has 0 bridgehead atoms. The van der Waals surface area contributed by atoms with Crippen LogP contribution in [0, 0.1) is 0 Å². The Morgan fingerprint density at radius 2 is 1.93 bits per heavy atom. The van der Waals surface area contributed by atoms with Crippen molar-refractivity contribution in [2.24, 2.45) is 0 Å². The number of carbonyl (C=O) groups excluding carboxylic acids is 1. The van der Waals surface area contributed by atoms with Gasteiger partial charge in [0.1, 0.15) is 0 Å². The molecule has 0 unspecified atom stereocenters. The highest BCUT2D eigenvalue weighted by Crippen LogP contribution is 2.31. The fraction of sp³-hybridized carbons (Fsp3) is 0.0952. The lowest BCUT2D eigenvalue weighted by molar-refractivity contribution is 0.102. The van der Waals surface area contributed by atoms with Gasteiger partial charge in [-0.1, -0.05) is 18.5 Å². The number of nitrogens with zero attached hydrogens (tertiary/aromatic N) is 2. The van der Waals surface area contributed by atoms with Gasteiger partial charge >= 0.3 is 0 Å². The van der Waals surface area contributed by atoms with Gasteiger partial charge in [0.05, 0.1) is 21.7 Å². The first-order valence-corrected chi connectivity index (χ1v) is 9.74. The number of rotatable bonds is 4. The molecule has 1 amide bonds. The maximum atomic E-state index is 13.0. The Morgan fingerprint density at radius 3 is 2.67 bits per heavy atom. The minimum Gasteiger partial charge on any atom is -0.322 e. The Balaban J connectivity index is 1.83. The molecule has 0 aliphatic heterocycles. The zero-order chi connectivity index (χ0) is 18.8. The van der Waals surface area contributed by atoms with Gasteiger partial charge in [-0.3, -0.25) is 9.78 Å². The molecule has 0 fully saturated rings. The van der Waals surface area contributed by atoms with Gasteiger partial charge in [-0.25, -0.2) is 4.98 Å². The number of pyridine rings is 2. The van der Waals surface area contributed by atoms with E-state index in [-0.39, 0.29) is 5.91 Å². The van der Waals surface area contributed by atoms with E-state index < -0.39 is 0 Å². The van der Waals surface area contributed by atoms with Gasteiger partial charge in [-0.15, -0.1) is 11.3 Å².